The van der Waals surface area contributed by atoms with Crippen molar-refractivity contribution < 1.29 is 9.84 Å². The van der Waals surface area contributed by atoms with Crippen LogP contribution in [0.3, 0.4) is 0 Å². The van der Waals surface area contributed by atoms with Crippen molar-refractivity contribution in [1.82, 2.24) is 9.97 Å². The molecule has 1 aromatic carbocycles. The molecule has 0 radical (unpaired) electrons. The molecule has 0 saturated heterocycles. The number of hydrogen-bond donors (Lipinski definition) is 2. The Balaban J connectivity index is 2.51. The summed E-state index contributed by atoms with van der Waals surface area (Å²) < 4.78 is 6.10. The fourth-order valence-corrected chi connectivity index (χ4v) is 2.30. The minimum atomic E-state index is 0.222. The van der Waals surface area contributed by atoms with E-state index in [2.05, 4.69) is 37.9 Å². The molecule has 0 fully saturated rings. The molecule has 0 bridgehead atoms. The molecular formula is C13H14IN3O2. The first-order chi connectivity index (χ1) is 9.15. The van der Waals surface area contributed by atoms with Crippen molar-refractivity contribution in [2.75, 3.05) is 19.5 Å². The lowest BCUT2D eigenvalue weighted by molar-refractivity contribution is 0.181. The van der Waals surface area contributed by atoms with Gasteiger partial charge in [-0.2, -0.15) is 0 Å². The van der Waals surface area contributed by atoms with Crippen molar-refractivity contribution in [3.63, 3.8) is 0 Å². The van der Waals surface area contributed by atoms with Crippen molar-refractivity contribution in [2.24, 2.45) is 0 Å². The molecule has 0 aliphatic carbocycles. The van der Waals surface area contributed by atoms with E-state index in [1.54, 1.807) is 31.4 Å². The summed E-state index contributed by atoms with van der Waals surface area (Å²) >= 11 is 2.20. The van der Waals surface area contributed by atoms with Crippen molar-refractivity contribution >= 4 is 28.4 Å². The number of hydrogen-bond acceptors (Lipinski definition) is 5. The van der Waals surface area contributed by atoms with Gasteiger partial charge in [0.25, 0.3) is 0 Å². The largest absolute Gasteiger partial charge is 0.508 e. The molecule has 0 atom stereocenters. The number of phenols is 1. The topological polar surface area (TPSA) is 67.3 Å². The lowest BCUT2D eigenvalue weighted by Crippen LogP contribution is -2.06. The number of halogens is 1. The summed E-state index contributed by atoms with van der Waals surface area (Å²) in [6, 6.07) is 6.80. The van der Waals surface area contributed by atoms with Gasteiger partial charge in [0, 0.05) is 19.7 Å². The molecule has 5 nitrogen and oxygen atoms in total. The summed E-state index contributed by atoms with van der Waals surface area (Å²) in [5.74, 6) is 1.60. The smallest absolute Gasteiger partial charge is 0.161 e. The van der Waals surface area contributed by atoms with Gasteiger partial charge >= 0.3 is 0 Å². The first kappa shape index (κ1) is 14.0. The SMILES string of the molecule is CNc1nc(-c2ccc(O)cc2)nc(COC)c1I. The van der Waals surface area contributed by atoms with Crippen LogP contribution in [0.15, 0.2) is 24.3 Å². The summed E-state index contributed by atoms with van der Waals surface area (Å²) in [4.78, 5) is 8.97. The Hall–Kier alpha value is -1.41. The Morgan fingerprint density at radius 2 is 1.95 bits per heavy atom. The van der Waals surface area contributed by atoms with E-state index >= 15 is 0 Å². The Labute approximate surface area is 125 Å². The van der Waals surface area contributed by atoms with Crippen LogP contribution in [0.25, 0.3) is 11.4 Å². The number of rotatable bonds is 4. The average molecular weight is 371 g/mol. The van der Waals surface area contributed by atoms with Crippen LogP contribution in [-0.4, -0.2) is 29.2 Å². The molecule has 0 saturated carbocycles. The van der Waals surface area contributed by atoms with Crippen LogP contribution < -0.4 is 5.32 Å². The van der Waals surface area contributed by atoms with Crippen LogP contribution in [0.4, 0.5) is 5.82 Å². The highest BCUT2D eigenvalue weighted by molar-refractivity contribution is 14.1. The number of aromatic hydroxyl groups is 1. The Morgan fingerprint density at radius 3 is 2.53 bits per heavy atom. The Bertz CT molecular complexity index is 573. The zero-order valence-corrected chi connectivity index (χ0v) is 12.8. The number of benzene rings is 1. The predicted molar refractivity (Wildman–Crippen MR) is 82.1 cm³/mol. The van der Waals surface area contributed by atoms with Crippen LogP contribution in [0.2, 0.25) is 0 Å². The minimum absolute atomic E-state index is 0.222. The highest BCUT2D eigenvalue weighted by Crippen LogP contribution is 2.25. The normalized spacial score (nSPS) is 10.5. The number of nitrogens with zero attached hydrogens (tertiary/aromatic N) is 2. The third kappa shape index (κ3) is 3.13. The fraction of sp³-hybridized carbons (Fsp3) is 0.231. The van der Waals surface area contributed by atoms with Crippen LogP contribution in [0.1, 0.15) is 5.69 Å². The third-order valence-electron chi connectivity index (χ3n) is 2.56. The summed E-state index contributed by atoms with van der Waals surface area (Å²) in [5.41, 5.74) is 1.69. The van der Waals surface area contributed by atoms with E-state index in [4.69, 9.17) is 4.74 Å². The maximum Gasteiger partial charge on any atom is 0.161 e. The van der Waals surface area contributed by atoms with E-state index in [9.17, 15) is 5.11 Å². The number of ether oxygens (including phenoxy) is 1. The fourth-order valence-electron chi connectivity index (χ4n) is 1.63. The molecule has 19 heavy (non-hydrogen) atoms. The molecule has 0 amide bonds. The molecule has 2 rings (SSSR count). The summed E-state index contributed by atoms with van der Waals surface area (Å²) in [6.45, 7) is 0.431. The molecular weight excluding hydrogens is 357 g/mol. The highest BCUT2D eigenvalue weighted by Gasteiger charge is 2.12. The first-order valence-corrected chi connectivity index (χ1v) is 6.76. The second kappa shape index (κ2) is 6.16. The zero-order valence-electron chi connectivity index (χ0n) is 10.6. The molecule has 0 spiro atoms. The van der Waals surface area contributed by atoms with Crippen LogP contribution in [0, 0.1) is 3.57 Å². The lowest BCUT2D eigenvalue weighted by atomic mass is 10.2. The van der Waals surface area contributed by atoms with Gasteiger partial charge in [0.1, 0.15) is 11.6 Å². The molecule has 0 unspecified atom stereocenters. The Morgan fingerprint density at radius 1 is 1.26 bits per heavy atom. The van der Waals surface area contributed by atoms with Gasteiger partial charge in [-0.15, -0.1) is 0 Å². The van der Waals surface area contributed by atoms with E-state index in [1.165, 1.54) is 0 Å². The zero-order chi connectivity index (χ0) is 13.8. The van der Waals surface area contributed by atoms with Crippen molar-refractivity contribution in [1.29, 1.82) is 0 Å². The van der Waals surface area contributed by atoms with Crippen molar-refractivity contribution in [3.8, 4) is 17.1 Å². The molecule has 2 N–H and O–H groups in total. The number of nitrogens with one attached hydrogen (secondary N) is 1. The van der Waals surface area contributed by atoms with Gasteiger partial charge in [0.2, 0.25) is 0 Å². The molecule has 1 heterocycles. The summed E-state index contributed by atoms with van der Waals surface area (Å²) in [5, 5.41) is 12.4. The van der Waals surface area contributed by atoms with Crippen molar-refractivity contribution in [2.45, 2.75) is 6.61 Å². The number of anilines is 1. The number of phenolic OH excluding ortho intramolecular Hbond substituents is 1. The lowest BCUT2D eigenvalue weighted by Gasteiger charge is -2.10. The third-order valence-corrected chi connectivity index (χ3v) is 3.70. The standard InChI is InChI=1S/C13H14IN3O2/c1-15-13-11(14)10(7-19-2)16-12(17-13)8-3-5-9(18)6-4-8/h3-6,18H,7H2,1-2H3,(H,15,16,17). The van der Waals surface area contributed by atoms with Gasteiger partial charge in [0.05, 0.1) is 15.9 Å². The number of methoxy groups -OCH3 is 1. The number of aromatic nitrogens is 2. The van der Waals surface area contributed by atoms with Gasteiger partial charge in [-0.1, -0.05) is 0 Å². The quantitative estimate of drug-likeness (QED) is 0.809. The van der Waals surface area contributed by atoms with Crippen LogP contribution in [-0.2, 0) is 11.3 Å². The van der Waals surface area contributed by atoms with E-state index in [0.29, 0.717) is 12.4 Å². The summed E-state index contributed by atoms with van der Waals surface area (Å²) in [6.07, 6.45) is 0. The van der Waals surface area contributed by atoms with Crippen molar-refractivity contribution in [3.05, 3.63) is 33.5 Å². The molecule has 6 heteroatoms. The van der Waals surface area contributed by atoms with E-state index in [1.807, 2.05) is 7.05 Å². The van der Waals surface area contributed by atoms with Gasteiger partial charge in [0.15, 0.2) is 5.82 Å². The molecule has 2 aromatic rings. The van der Waals surface area contributed by atoms with Gasteiger partial charge in [-0.3, -0.25) is 0 Å². The average Bonchev–Trinajstić information content (AvgIpc) is 2.42. The second-order valence-corrected chi connectivity index (χ2v) is 4.97. The summed E-state index contributed by atoms with van der Waals surface area (Å²) in [7, 11) is 3.46. The predicted octanol–water partition coefficient (Wildman–Crippen LogP) is 2.64. The molecule has 0 aliphatic rings. The first-order valence-electron chi connectivity index (χ1n) is 5.68. The van der Waals surface area contributed by atoms with E-state index in [-0.39, 0.29) is 5.75 Å². The second-order valence-electron chi connectivity index (χ2n) is 3.89. The highest BCUT2D eigenvalue weighted by atomic mass is 127. The van der Waals surface area contributed by atoms with E-state index < -0.39 is 0 Å². The van der Waals surface area contributed by atoms with Gasteiger partial charge in [-0.05, 0) is 46.9 Å². The molecule has 0 aliphatic heterocycles. The van der Waals surface area contributed by atoms with E-state index in [0.717, 1.165) is 20.6 Å². The van der Waals surface area contributed by atoms with Crippen LogP contribution in [0.5, 0.6) is 5.75 Å². The Kier molecular flexibility index (Phi) is 4.54. The maximum atomic E-state index is 9.31. The maximum absolute atomic E-state index is 9.31. The molecule has 100 valence electrons. The minimum Gasteiger partial charge on any atom is -0.508 e. The van der Waals surface area contributed by atoms with Gasteiger partial charge < -0.3 is 15.2 Å². The monoisotopic (exact) mass is 371 g/mol. The van der Waals surface area contributed by atoms with Crippen LogP contribution >= 0.6 is 22.6 Å². The molecule has 1 aromatic heterocycles. The van der Waals surface area contributed by atoms with Gasteiger partial charge in [-0.25, -0.2) is 9.97 Å².